The van der Waals surface area contributed by atoms with Crippen molar-refractivity contribution in [3.63, 3.8) is 0 Å². The summed E-state index contributed by atoms with van der Waals surface area (Å²) in [7, 11) is 0. The van der Waals surface area contributed by atoms with Crippen LogP contribution in [0.15, 0.2) is 40.8 Å². The van der Waals surface area contributed by atoms with Crippen molar-refractivity contribution in [3.05, 3.63) is 47.8 Å². The van der Waals surface area contributed by atoms with E-state index in [0.29, 0.717) is 23.8 Å². The van der Waals surface area contributed by atoms with Crippen LogP contribution in [0.2, 0.25) is 0 Å². The second kappa shape index (κ2) is 8.32. The van der Waals surface area contributed by atoms with Gasteiger partial charge in [0.15, 0.2) is 11.6 Å². The smallest absolute Gasteiger partial charge is 0.180 e. The zero-order valence-electron chi connectivity index (χ0n) is 15.1. The normalized spacial score (nSPS) is 11.2. The van der Waals surface area contributed by atoms with Crippen molar-refractivity contribution in [2.75, 3.05) is 0 Å². The summed E-state index contributed by atoms with van der Waals surface area (Å²) >= 11 is 0. The molecule has 0 N–H and O–H groups in total. The highest BCUT2D eigenvalue weighted by Crippen LogP contribution is 2.24. The van der Waals surface area contributed by atoms with E-state index in [9.17, 15) is 4.39 Å². The Morgan fingerprint density at radius 3 is 2.68 bits per heavy atom. The molecule has 0 saturated carbocycles. The highest BCUT2D eigenvalue weighted by Gasteiger charge is 2.16. The van der Waals surface area contributed by atoms with Crippen LogP contribution in [0.3, 0.4) is 0 Å². The number of hydrogen-bond acceptors (Lipinski definition) is 5. The maximum Gasteiger partial charge on any atom is 0.180 e. The van der Waals surface area contributed by atoms with Crippen molar-refractivity contribution >= 4 is 0 Å². The Kier molecular flexibility index (Phi) is 6.16. The third-order valence-electron chi connectivity index (χ3n) is 3.52. The Labute approximate surface area is 146 Å². The van der Waals surface area contributed by atoms with E-state index in [4.69, 9.17) is 4.52 Å². The van der Waals surface area contributed by atoms with Crippen molar-refractivity contribution in [2.45, 2.75) is 41.2 Å². The predicted molar refractivity (Wildman–Crippen MR) is 94.2 cm³/mol. The number of hydrogen-bond donors (Lipinski definition) is 0. The largest absolute Gasteiger partial charge is 0.364 e. The molecular weight excluding hydrogens is 321 g/mol. The number of aromatic nitrogens is 5. The highest BCUT2D eigenvalue weighted by atomic mass is 19.1. The maximum absolute atomic E-state index is 13.4. The number of nitrogens with zero attached hydrogens (tertiary/aromatic N) is 5. The van der Waals surface area contributed by atoms with E-state index in [0.717, 1.165) is 17.5 Å². The van der Waals surface area contributed by atoms with Gasteiger partial charge in [0.2, 0.25) is 0 Å². The molecule has 0 aromatic carbocycles. The molecule has 132 valence electrons. The molecule has 0 radical (unpaired) electrons. The lowest BCUT2D eigenvalue weighted by Crippen LogP contribution is -2.04. The summed E-state index contributed by atoms with van der Waals surface area (Å²) in [6.07, 6.45) is 4.68. The van der Waals surface area contributed by atoms with Gasteiger partial charge in [0.05, 0.1) is 24.1 Å². The molecule has 0 aliphatic rings. The van der Waals surface area contributed by atoms with Crippen LogP contribution in [-0.4, -0.2) is 24.9 Å². The predicted octanol–water partition coefficient (Wildman–Crippen LogP) is 4.44. The van der Waals surface area contributed by atoms with E-state index in [1.165, 1.54) is 6.26 Å². The summed E-state index contributed by atoms with van der Waals surface area (Å²) in [6.45, 7) is 10.2. The minimum atomic E-state index is -0.435. The Morgan fingerprint density at radius 2 is 2.08 bits per heavy atom. The van der Waals surface area contributed by atoms with Gasteiger partial charge in [-0.2, -0.15) is 5.10 Å². The highest BCUT2D eigenvalue weighted by molar-refractivity contribution is 5.62. The van der Waals surface area contributed by atoms with Crippen LogP contribution in [0.1, 0.15) is 33.4 Å². The lowest BCUT2D eigenvalue weighted by molar-refractivity contribution is 0.421. The molecule has 3 heterocycles. The molecule has 3 aromatic heterocycles. The Balaban J connectivity index is 0.00000109. The van der Waals surface area contributed by atoms with Crippen LogP contribution in [0.4, 0.5) is 4.39 Å². The van der Waals surface area contributed by atoms with Gasteiger partial charge >= 0.3 is 0 Å². The molecule has 7 heteroatoms. The molecule has 0 aliphatic carbocycles. The minimum Gasteiger partial charge on any atom is -0.364 e. The van der Waals surface area contributed by atoms with Crippen LogP contribution in [-0.2, 0) is 6.54 Å². The van der Waals surface area contributed by atoms with Gasteiger partial charge in [-0.25, -0.2) is 14.4 Å². The third-order valence-corrected chi connectivity index (χ3v) is 3.52. The quantitative estimate of drug-likeness (QED) is 0.655. The van der Waals surface area contributed by atoms with Gasteiger partial charge in [-0.05, 0) is 26.8 Å². The monoisotopic (exact) mass is 343 g/mol. The summed E-state index contributed by atoms with van der Waals surface area (Å²) in [5, 5.41) is 8.50. The first-order valence-corrected chi connectivity index (χ1v) is 8.18. The number of rotatable bonds is 4. The van der Waals surface area contributed by atoms with Gasteiger partial charge in [-0.15, -0.1) is 0 Å². The molecule has 3 rings (SSSR count). The first-order valence-electron chi connectivity index (χ1n) is 8.18. The van der Waals surface area contributed by atoms with Gasteiger partial charge in [-0.3, -0.25) is 4.68 Å². The summed E-state index contributed by atoms with van der Waals surface area (Å²) < 4.78 is 20.1. The maximum atomic E-state index is 13.4. The van der Waals surface area contributed by atoms with Gasteiger partial charge in [-0.1, -0.05) is 30.7 Å². The van der Waals surface area contributed by atoms with Crippen molar-refractivity contribution in [2.24, 2.45) is 0 Å². The van der Waals surface area contributed by atoms with Crippen molar-refractivity contribution in [3.8, 4) is 22.9 Å². The zero-order chi connectivity index (χ0) is 18.4. The fourth-order valence-electron chi connectivity index (χ4n) is 2.10. The minimum absolute atomic E-state index is 0.289. The number of aryl methyl sites for hydroxylation is 1. The summed E-state index contributed by atoms with van der Waals surface area (Å²) in [5.74, 6) is -0.0554. The second-order valence-corrected chi connectivity index (χ2v) is 5.22. The standard InChI is InChI=1S/C16H16FN5O.C2H6/c1-4-10(2)9-22-15(13-5-6-23-21-13)7-14(20-22)16-18-8-12(17)11(3)19-16;1-2/h4-8H,9H2,1-3H3;1-2H3/b10-4+;. The molecule has 0 aliphatic heterocycles. The van der Waals surface area contributed by atoms with E-state index in [1.807, 2.05) is 44.5 Å². The average Bonchev–Trinajstić information content (AvgIpc) is 3.28. The van der Waals surface area contributed by atoms with Crippen LogP contribution in [0.5, 0.6) is 0 Å². The molecule has 0 amide bonds. The third kappa shape index (κ3) is 4.17. The lowest BCUT2D eigenvalue weighted by atomic mass is 10.2. The van der Waals surface area contributed by atoms with Crippen LogP contribution >= 0.6 is 0 Å². The first kappa shape index (κ1) is 18.5. The van der Waals surface area contributed by atoms with E-state index < -0.39 is 5.82 Å². The van der Waals surface area contributed by atoms with Crippen molar-refractivity contribution in [1.29, 1.82) is 0 Å². The van der Waals surface area contributed by atoms with Crippen molar-refractivity contribution in [1.82, 2.24) is 24.9 Å². The van der Waals surface area contributed by atoms with E-state index in [-0.39, 0.29) is 5.69 Å². The molecule has 0 bridgehead atoms. The Bertz CT molecular complexity index is 852. The molecular formula is C18H22FN5O. The van der Waals surface area contributed by atoms with Gasteiger partial charge in [0.1, 0.15) is 17.7 Å². The average molecular weight is 343 g/mol. The van der Waals surface area contributed by atoms with Crippen LogP contribution < -0.4 is 0 Å². The van der Waals surface area contributed by atoms with E-state index in [1.54, 1.807) is 13.0 Å². The molecule has 25 heavy (non-hydrogen) atoms. The van der Waals surface area contributed by atoms with Gasteiger partial charge in [0, 0.05) is 6.07 Å². The summed E-state index contributed by atoms with van der Waals surface area (Å²) in [4.78, 5) is 8.18. The molecule has 0 fully saturated rings. The fraction of sp³-hybridized carbons (Fsp3) is 0.333. The number of allylic oxidation sites excluding steroid dienone is 2. The van der Waals surface area contributed by atoms with Crippen LogP contribution in [0.25, 0.3) is 22.9 Å². The second-order valence-electron chi connectivity index (χ2n) is 5.22. The number of halogens is 1. The Hall–Kier alpha value is -2.83. The molecule has 3 aromatic rings. The molecule has 6 nitrogen and oxygen atoms in total. The molecule has 0 unspecified atom stereocenters. The lowest BCUT2D eigenvalue weighted by Gasteiger charge is -2.05. The first-order chi connectivity index (χ1) is 12.1. The van der Waals surface area contributed by atoms with Crippen LogP contribution in [0, 0.1) is 12.7 Å². The molecule has 0 saturated heterocycles. The summed E-state index contributed by atoms with van der Waals surface area (Å²) in [6, 6.07) is 3.59. The SMILES string of the molecule is C/C=C(\C)Cn1nc(-c2ncc(F)c(C)n2)cc1-c1ccon1.CC. The Morgan fingerprint density at radius 1 is 1.32 bits per heavy atom. The fourth-order valence-corrected chi connectivity index (χ4v) is 2.10. The molecule has 0 spiro atoms. The van der Waals surface area contributed by atoms with Gasteiger partial charge < -0.3 is 4.52 Å². The van der Waals surface area contributed by atoms with E-state index >= 15 is 0 Å². The topological polar surface area (TPSA) is 69.6 Å². The zero-order valence-corrected chi connectivity index (χ0v) is 15.1. The van der Waals surface area contributed by atoms with Crippen molar-refractivity contribution < 1.29 is 8.91 Å². The molecule has 0 atom stereocenters. The van der Waals surface area contributed by atoms with E-state index in [2.05, 4.69) is 20.2 Å². The van der Waals surface area contributed by atoms with Gasteiger partial charge in [0.25, 0.3) is 0 Å². The summed E-state index contributed by atoms with van der Waals surface area (Å²) in [5.41, 5.74) is 3.47.